The van der Waals surface area contributed by atoms with Gasteiger partial charge in [-0.1, -0.05) is 36.4 Å². The minimum absolute atomic E-state index is 0.00664. The first-order chi connectivity index (χ1) is 16.6. The van der Waals surface area contributed by atoms with E-state index in [1.165, 1.54) is 6.08 Å². The lowest BCUT2D eigenvalue weighted by Gasteiger charge is -2.21. The largest absolute Gasteiger partial charge is 0.493 e. The zero-order valence-electron chi connectivity index (χ0n) is 19.7. The van der Waals surface area contributed by atoms with E-state index in [-0.39, 0.29) is 5.57 Å². The Bertz CT molecular complexity index is 1160. The molecule has 0 aliphatic heterocycles. The monoisotopic (exact) mass is 455 g/mol. The number of nitrogens with zero attached hydrogens (tertiary/aromatic N) is 2. The van der Waals surface area contributed by atoms with Gasteiger partial charge >= 0.3 is 0 Å². The highest BCUT2D eigenvalue weighted by molar-refractivity contribution is 6.09. The van der Waals surface area contributed by atoms with Gasteiger partial charge in [-0.3, -0.25) is 4.79 Å². The Labute approximate surface area is 201 Å². The Morgan fingerprint density at radius 2 is 1.71 bits per heavy atom. The third kappa shape index (κ3) is 6.39. The summed E-state index contributed by atoms with van der Waals surface area (Å²) < 4.78 is 11.3. The highest BCUT2D eigenvalue weighted by Crippen LogP contribution is 2.30. The lowest BCUT2D eigenvalue weighted by atomic mass is 10.1. The third-order valence-corrected chi connectivity index (χ3v) is 5.35. The molecule has 0 aliphatic rings. The van der Waals surface area contributed by atoms with E-state index in [4.69, 9.17) is 9.47 Å². The number of ether oxygens (including phenoxy) is 2. The summed E-state index contributed by atoms with van der Waals surface area (Å²) in [5, 5.41) is 12.4. The topological polar surface area (TPSA) is 74.6 Å². The summed E-state index contributed by atoms with van der Waals surface area (Å²) in [6.45, 7) is 6.41. The van der Waals surface area contributed by atoms with E-state index in [9.17, 15) is 10.1 Å². The number of rotatable bonds is 10. The highest BCUT2D eigenvalue weighted by Gasteiger charge is 2.12. The van der Waals surface area contributed by atoms with Gasteiger partial charge in [-0.2, -0.15) is 5.26 Å². The zero-order chi connectivity index (χ0) is 24.3. The molecule has 174 valence electrons. The minimum atomic E-state index is -0.471. The van der Waals surface area contributed by atoms with E-state index in [0.29, 0.717) is 29.4 Å². The van der Waals surface area contributed by atoms with Crippen molar-refractivity contribution in [3.8, 4) is 17.6 Å². The Balaban J connectivity index is 1.71. The zero-order valence-corrected chi connectivity index (χ0v) is 19.7. The Hall–Kier alpha value is -4.24. The quantitative estimate of drug-likeness (QED) is 0.315. The number of anilines is 2. The van der Waals surface area contributed by atoms with Crippen molar-refractivity contribution >= 4 is 23.4 Å². The summed E-state index contributed by atoms with van der Waals surface area (Å²) in [5.74, 6) is 0.635. The van der Waals surface area contributed by atoms with Crippen LogP contribution in [0, 0.1) is 11.3 Å². The first-order valence-electron chi connectivity index (χ1n) is 11.2. The van der Waals surface area contributed by atoms with E-state index in [1.807, 2.05) is 60.7 Å². The fourth-order valence-corrected chi connectivity index (χ4v) is 3.49. The third-order valence-electron chi connectivity index (χ3n) is 5.35. The summed E-state index contributed by atoms with van der Waals surface area (Å²) in [5.41, 5.74) is 3.41. The number of methoxy groups -OCH3 is 1. The molecule has 3 aromatic carbocycles. The average molecular weight is 456 g/mol. The predicted octanol–water partition coefficient (Wildman–Crippen LogP) is 5.67. The molecule has 34 heavy (non-hydrogen) atoms. The van der Waals surface area contributed by atoms with E-state index in [2.05, 4.69) is 24.1 Å². The van der Waals surface area contributed by atoms with Gasteiger partial charge < -0.3 is 19.7 Å². The van der Waals surface area contributed by atoms with Crippen LogP contribution in [0.3, 0.4) is 0 Å². The first-order valence-corrected chi connectivity index (χ1v) is 11.2. The van der Waals surface area contributed by atoms with Gasteiger partial charge in [0.15, 0.2) is 11.5 Å². The molecule has 0 saturated heterocycles. The maximum absolute atomic E-state index is 12.7. The second-order valence-corrected chi connectivity index (χ2v) is 7.53. The van der Waals surface area contributed by atoms with Gasteiger partial charge in [-0.25, -0.2) is 0 Å². The summed E-state index contributed by atoms with van der Waals surface area (Å²) >= 11 is 0. The van der Waals surface area contributed by atoms with Crippen LogP contribution in [0.5, 0.6) is 11.5 Å². The van der Waals surface area contributed by atoms with Gasteiger partial charge in [0.1, 0.15) is 18.2 Å². The summed E-state index contributed by atoms with van der Waals surface area (Å²) in [6, 6.07) is 24.7. The number of carbonyl (C=O) groups is 1. The van der Waals surface area contributed by atoms with Crippen LogP contribution in [-0.4, -0.2) is 26.1 Å². The Kier molecular flexibility index (Phi) is 8.70. The fraction of sp³-hybridized carbons (Fsp3) is 0.214. The van der Waals surface area contributed by atoms with Crippen LogP contribution < -0.4 is 19.7 Å². The molecule has 0 bridgehead atoms. The maximum atomic E-state index is 12.7. The standard InChI is InChI=1S/C28H29N3O3/c1-4-31(5-2)25-14-12-24(13-15-25)30-28(32)23(19-29)17-22-11-16-26(27(18-22)33-3)34-20-21-9-7-6-8-10-21/h6-18H,4-5,20H2,1-3H3,(H,30,32)/b23-17-. The lowest BCUT2D eigenvalue weighted by Crippen LogP contribution is -2.21. The van der Waals surface area contributed by atoms with E-state index >= 15 is 0 Å². The van der Waals surface area contributed by atoms with Crippen LogP contribution in [0.4, 0.5) is 11.4 Å². The number of benzene rings is 3. The van der Waals surface area contributed by atoms with Crippen molar-refractivity contribution in [2.75, 3.05) is 30.4 Å². The number of hydrogen-bond acceptors (Lipinski definition) is 5. The smallest absolute Gasteiger partial charge is 0.266 e. The molecule has 3 aromatic rings. The molecule has 0 heterocycles. The number of carbonyl (C=O) groups excluding carboxylic acids is 1. The molecule has 0 radical (unpaired) electrons. The maximum Gasteiger partial charge on any atom is 0.266 e. The molecule has 6 nitrogen and oxygen atoms in total. The molecular weight excluding hydrogens is 426 g/mol. The van der Waals surface area contributed by atoms with Crippen molar-refractivity contribution in [3.63, 3.8) is 0 Å². The first kappa shape index (κ1) is 24.4. The molecule has 0 fully saturated rings. The molecule has 0 saturated carbocycles. The number of nitriles is 1. The van der Waals surface area contributed by atoms with Crippen molar-refractivity contribution in [1.82, 2.24) is 0 Å². The highest BCUT2D eigenvalue weighted by atomic mass is 16.5. The summed E-state index contributed by atoms with van der Waals surface area (Å²) in [4.78, 5) is 14.9. The Morgan fingerprint density at radius 1 is 1.00 bits per heavy atom. The fourth-order valence-electron chi connectivity index (χ4n) is 3.49. The van der Waals surface area contributed by atoms with Gasteiger partial charge in [-0.05, 0) is 67.4 Å². The van der Waals surface area contributed by atoms with Crippen LogP contribution in [0.2, 0.25) is 0 Å². The number of hydrogen-bond donors (Lipinski definition) is 1. The molecule has 1 N–H and O–H groups in total. The van der Waals surface area contributed by atoms with Crippen LogP contribution in [0.25, 0.3) is 6.08 Å². The van der Waals surface area contributed by atoms with Crippen molar-refractivity contribution in [2.24, 2.45) is 0 Å². The number of nitrogens with one attached hydrogen (secondary N) is 1. The van der Waals surface area contributed by atoms with Crippen LogP contribution in [0.15, 0.2) is 78.4 Å². The van der Waals surface area contributed by atoms with Crippen molar-refractivity contribution in [3.05, 3.63) is 89.5 Å². The van der Waals surface area contributed by atoms with Gasteiger partial charge in [0, 0.05) is 24.5 Å². The summed E-state index contributed by atoms with van der Waals surface area (Å²) in [6.07, 6.45) is 1.53. The van der Waals surface area contributed by atoms with Crippen LogP contribution >= 0.6 is 0 Å². The van der Waals surface area contributed by atoms with Crippen molar-refractivity contribution in [2.45, 2.75) is 20.5 Å². The minimum Gasteiger partial charge on any atom is -0.493 e. The van der Waals surface area contributed by atoms with E-state index in [0.717, 1.165) is 24.3 Å². The molecule has 0 atom stereocenters. The molecule has 0 spiro atoms. The van der Waals surface area contributed by atoms with Crippen LogP contribution in [-0.2, 0) is 11.4 Å². The molecule has 3 rings (SSSR count). The Morgan fingerprint density at radius 3 is 2.32 bits per heavy atom. The van der Waals surface area contributed by atoms with Crippen molar-refractivity contribution in [1.29, 1.82) is 5.26 Å². The second kappa shape index (κ2) is 12.1. The SMILES string of the molecule is CCN(CC)c1ccc(NC(=O)/C(C#N)=C\c2ccc(OCc3ccccc3)c(OC)c2)cc1. The summed E-state index contributed by atoms with van der Waals surface area (Å²) in [7, 11) is 1.55. The predicted molar refractivity (Wildman–Crippen MR) is 136 cm³/mol. The van der Waals surface area contributed by atoms with Crippen LogP contribution in [0.1, 0.15) is 25.0 Å². The normalized spacial score (nSPS) is 10.8. The molecule has 6 heteroatoms. The molecular formula is C28H29N3O3. The van der Waals surface area contributed by atoms with E-state index in [1.54, 1.807) is 25.3 Å². The molecule has 1 amide bonds. The van der Waals surface area contributed by atoms with Gasteiger partial charge in [-0.15, -0.1) is 0 Å². The molecule has 0 aliphatic carbocycles. The van der Waals surface area contributed by atoms with Crippen molar-refractivity contribution < 1.29 is 14.3 Å². The number of amides is 1. The lowest BCUT2D eigenvalue weighted by molar-refractivity contribution is -0.112. The van der Waals surface area contributed by atoms with Gasteiger partial charge in [0.25, 0.3) is 5.91 Å². The average Bonchev–Trinajstić information content (AvgIpc) is 2.88. The van der Waals surface area contributed by atoms with Gasteiger partial charge in [0.2, 0.25) is 0 Å². The van der Waals surface area contributed by atoms with E-state index < -0.39 is 5.91 Å². The van der Waals surface area contributed by atoms with Gasteiger partial charge in [0.05, 0.1) is 7.11 Å². The molecule has 0 aromatic heterocycles. The second-order valence-electron chi connectivity index (χ2n) is 7.53. The molecule has 0 unspecified atom stereocenters.